The van der Waals surface area contributed by atoms with Crippen LogP contribution in [0.3, 0.4) is 0 Å². The van der Waals surface area contributed by atoms with Gasteiger partial charge in [0.1, 0.15) is 0 Å². The van der Waals surface area contributed by atoms with E-state index >= 15 is 0 Å². The molecule has 1 nitrogen and oxygen atoms in total. The minimum Gasteiger partial charge on any atom is -0.341 e. The maximum Gasteiger partial charge on any atom is 0.0999 e. The highest BCUT2D eigenvalue weighted by atomic mass is 31.0. The van der Waals surface area contributed by atoms with E-state index in [-0.39, 0.29) is 11.1 Å². The van der Waals surface area contributed by atoms with Crippen molar-refractivity contribution >= 4 is 22.9 Å². The van der Waals surface area contributed by atoms with Crippen molar-refractivity contribution in [3.63, 3.8) is 0 Å². The van der Waals surface area contributed by atoms with E-state index in [1.165, 1.54) is 16.7 Å². The minimum atomic E-state index is -1.87. The van der Waals surface area contributed by atoms with Crippen LogP contribution in [0.15, 0.2) is 91.0 Å². The third-order valence-corrected chi connectivity index (χ3v) is 8.68. The molecule has 0 fully saturated rings. The Morgan fingerprint density at radius 2 is 1.15 bits per heavy atom. The first kappa shape index (κ1) is 19.8. The van der Waals surface area contributed by atoms with Crippen LogP contribution in [0.25, 0.3) is 0 Å². The highest BCUT2D eigenvalue weighted by Crippen LogP contribution is 2.51. The second kappa shape index (κ2) is 8.35. The Labute approximate surface area is 166 Å². The van der Waals surface area contributed by atoms with Gasteiger partial charge in [0, 0.05) is 5.04 Å². The topological polar surface area (TPSA) is 9.23 Å². The fourth-order valence-corrected chi connectivity index (χ4v) is 7.48. The summed E-state index contributed by atoms with van der Waals surface area (Å²) in [5, 5.41) is -0.250. The minimum absolute atomic E-state index is 0.132. The number of benzene rings is 3. The monoisotopic (exact) mass is 390 g/mol. The van der Waals surface area contributed by atoms with Crippen LogP contribution >= 0.6 is 8.86 Å². The van der Waals surface area contributed by atoms with E-state index in [4.69, 9.17) is 4.74 Å². The first-order valence-corrected chi connectivity index (χ1v) is 13.4. The molecule has 0 spiro atoms. The SMILES string of the molecule is C[Si](C)(C)C(c1ccccc1)(c1ccccc1)C(OC=P)c1ccccc1. The van der Waals surface area contributed by atoms with Crippen LogP contribution in [0.1, 0.15) is 22.8 Å². The van der Waals surface area contributed by atoms with Crippen LogP contribution in [0.4, 0.5) is 0 Å². The van der Waals surface area contributed by atoms with E-state index < -0.39 is 8.07 Å². The lowest BCUT2D eigenvalue weighted by atomic mass is 9.82. The fraction of sp³-hybridized carbons (Fsp3) is 0.208. The molecule has 0 radical (unpaired) electrons. The predicted molar refractivity (Wildman–Crippen MR) is 122 cm³/mol. The van der Waals surface area contributed by atoms with E-state index in [0.29, 0.717) is 0 Å². The van der Waals surface area contributed by atoms with Crippen molar-refractivity contribution in [2.24, 2.45) is 0 Å². The highest BCUT2D eigenvalue weighted by Gasteiger charge is 2.52. The Bertz CT molecular complexity index is 818. The summed E-state index contributed by atoms with van der Waals surface area (Å²) in [6.45, 7) is 7.29. The average molecular weight is 391 g/mol. The molecule has 3 aromatic carbocycles. The zero-order valence-electron chi connectivity index (χ0n) is 16.2. The van der Waals surface area contributed by atoms with Crippen molar-refractivity contribution in [3.8, 4) is 0 Å². The summed E-state index contributed by atoms with van der Waals surface area (Å²) in [6, 6.07) is 32.2. The lowest BCUT2D eigenvalue weighted by molar-refractivity contribution is 0.164. The molecule has 0 saturated heterocycles. The molecule has 3 aromatic rings. The Morgan fingerprint density at radius 3 is 1.52 bits per heavy atom. The van der Waals surface area contributed by atoms with E-state index in [1.807, 2.05) is 0 Å². The van der Waals surface area contributed by atoms with E-state index in [1.54, 1.807) is 5.98 Å². The van der Waals surface area contributed by atoms with Gasteiger partial charge in [-0.15, -0.1) is 0 Å². The van der Waals surface area contributed by atoms with E-state index in [0.717, 1.165) is 0 Å². The maximum absolute atomic E-state index is 6.35. The summed E-state index contributed by atoms with van der Waals surface area (Å²) in [5.74, 6) is 1.65. The van der Waals surface area contributed by atoms with Crippen molar-refractivity contribution in [2.45, 2.75) is 30.8 Å². The molecule has 0 heterocycles. The molecule has 0 aliphatic rings. The molecule has 1 unspecified atom stereocenters. The predicted octanol–water partition coefficient (Wildman–Crippen LogP) is 6.51. The van der Waals surface area contributed by atoms with Gasteiger partial charge in [-0.3, -0.25) is 0 Å². The van der Waals surface area contributed by atoms with Gasteiger partial charge in [0.2, 0.25) is 0 Å². The Balaban J connectivity index is 2.40. The second-order valence-electron chi connectivity index (χ2n) is 7.83. The van der Waals surface area contributed by atoms with Crippen molar-refractivity contribution < 1.29 is 4.74 Å². The van der Waals surface area contributed by atoms with Gasteiger partial charge in [-0.1, -0.05) is 119 Å². The third-order valence-electron chi connectivity index (χ3n) is 5.34. The number of rotatable bonds is 7. The zero-order valence-corrected chi connectivity index (χ0v) is 18.2. The molecule has 0 aliphatic carbocycles. The molecule has 3 heteroatoms. The molecule has 0 amide bonds. The summed E-state index contributed by atoms with van der Waals surface area (Å²) < 4.78 is 6.35. The molecular weight excluding hydrogens is 363 g/mol. The number of ether oxygens (including phenoxy) is 1. The van der Waals surface area contributed by atoms with Crippen LogP contribution < -0.4 is 0 Å². The Morgan fingerprint density at radius 1 is 0.741 bits per heavy atom. The van der Waals surface area contributed by atoms with Crippen molar-refractivity contribution in [2.75, 3.05) is 0 Å². The first-order valence-electron chi connectivity index (χ1n) is 9.32. The van der Waals surface area contributed by atoms with E-state index in [9.17, 15) is 0 Å². The maximum atomic E-state index is 6.35. The first-order chi connectivity index (χ1) is 13.0. The summed E-state index contributed by atoms with van der Waals surface area (Å²) in [4.78, 5) is 0. The largest absolute Gasteiger partial charge is 0.341 e. The quantitative estimate of drug-likeness (QED) is 0.330. The smallest absolute Gasteiger partial charge is 0.0999 e. The summed E-state index contributed by atoms with van der Waals surface area (Å²) in [6.07, 6.45) is -0.132. The number of hydrogen-bond donors (Lipinski definition) is 0. The van der Waals surface area contributed by atoms with Gasteiger partial charge in [0.25, 0.3) is 0 Å². The van der Waals surface area contributed by atoms with Gasteiger partial charge < -0.3 is 4.74 Å². The van der Waals surface area contributed by atoms with Crippen molar-refractivity contribution in [3.05, 3.63) is 108 Å². The molecule has 3 rings (SSSR count). The van der Waals surface area contributed by atoms with Gasteiger partial charge in [-0.2, -0.15) is 0 Å². The highest BCUT2D eigenvalue weighted by molar-refractivity contribution is 7.17. The van der Waals surface area contributed by atoms with Crippen LogP contribution in [-0.4, -0.2) is 14.1 Å². The summed E-state index contributed by atoms with van der Waals surface area (Å²) in [5.41, 5.74) is 3.79. The van der Waals surface area contributed by atoms with Gasteiger partial charge in [-0.05, 0) is 16.7 Å². The zero-order chi connectivity index (χ0) is 19.3. The van der Waals surface area contributed by atoms with Gasteiger partial charge in [0.05, 0.1) is 20.2 Å². The van der Waals surface area contributed by atoms with Gasteiger partial charge in [0.15, 0.2) is 0 Å². The van der Waals surface area contributed by atoms with Crippen molar-refractivity contribution in [1.82, 2.24) is 0 Å². The normalized spacial score (nSPS) is 13.1. The lowest BCUT2D eigenvalue weighted by Gasteiger charge is -2.49. The molecule has 0 aliphatic heterocycles. The van der Waals surface area contributed by atoms with Crippen LogP contribution in [-0.2, 0) is 9.78 Å². The molecule has 1 atom stereocenters. The summed E-state index contributed by atoms with van der Waals surface area (Å²) >= 11 is 0. The van der Waals surface area contributed by atoms with Gasteiger partial charge in [-0.25, -0.2) is 0 Å². The van der Waals surface area contributed by atoms with Crippen LogP contribution in [0.2, 0.25) is 19.6 Å². The Kier molecular flexibility index (Phi) is 6.11. The lowest BCUT2D eigenvalue weighted by Crippen LogP contribution is -2.55. The van der Waals surface area contributed by atoms with E-state index in [2.05, 4.69) is 119 Å². The molecular formula is C24H27OPSi. The summed E-state index contributed by atoms with van der Waals surface area (Å²) in [7, 11) is 1.61. The molecule has 0 aromatic heterocycles. The standard InChI is InChI=1S/C24H27OPSi/c1-27(2,3)24(21-15-9-5-10-16-21,22-17-11-6-12-18-22)23(25-19-26)20-13-7-4-8-14-20/h4-19,23,26H,1-3H3. The average Bonchev–Trinajstić information content (AvgIpc) is 2.69. The van der Waals surface area contributed by atoms with Crippen molar-refractivity contribution in [1.29, 1.82) is 0 Å². The molecule has 0 N–H and O–H groups in total. The third kappa shape index (κ3) is 3.71. The second-order valence-corrected chi connectivity index (χ2v) is 13.4. The van der Waals surface area contributed by atoms with Crippen LogP contribution in [0.5, 0.6) is 0 Å². The fourth-order valence-electron chi connectivity index (χ4n) is 4.26. The van der Waals surface area contributed by atoms with Crippen LogP contribution in [0, 0.1) is 0 Å². The molecule has 0 saturated carbocycles. The number of hydrogen-bond acceptors (Lipinski definition) is 1. The Hall–Kier alpha value is -1.99. The van der Waals surface area contributed by atoms with Gasteiger partial charge >= 0.3 is 0 Å². The molecule has 138 valence electrons. The molecule has 27 heavy (non-hydrogen) atoms. The molecule has 0 bridgehead atoms.